The summed E-state index contributed by atoms with van der Waals surface area (Å²) in [6, 6.07) is 11.6. The SMILES string of the molecule is COc1cc(OC)c2cc(C(=O)N3CCC[C@@H](c4cc5ncccc5[nH]4)C3)[nH]c2c1. The highest BCUT2D eigenvalue weighted by molar-refractivity contribution is 6.00. The third-order valence-corrected chi connectivity index (χ3v) is 5.92. The summed E-state index contributed by atoms with van der Waals surface area (Å²) in [5, 5.41) is 0.872. The summed E-state index contributed by atoms with van der Waals surface area (Å²) in [6.45, 7) is 1.44. The standard InChI is InChI=1S/C23H24N4O3/c1-29-15-9-19-16(22(10-15)30-2)11-21(26-19)23(28)27-8-4-5-14(13-27)18-12-20-17(25-18)6-3-7-24-20/h3,6-7,9-12,14,25-26H,4-5,8,13H2,1-2H3/t14-/m1/s1. The highest BCUT2D eigenvalue weighted by atomic mass is 16.5. The minimum atomic E-state index is 0.00570. The zero-order valence-corrected chi connectivity index (χ0v) is 17.1. The second-order valence-corrected chi connectivity index (χ2v) is 7.73. The molecule has 7 heteroatoms. The number of piperidine rings is 1. The molecule has 0 unspecified atom stereocenters. The Labute approximate surface area is 174 Å². The molecule has 154 valence electrons. The van der Waals surface area contributed by atoms with Crippen molar-refractivity contribution in [3.63, 3.8) is 0 Å². The molecule has 0 aliphatic carbocycles. The maximum atomic E-state index is 13.3. The molecule has 5 rings (SSSR count). The molecule has 3 aromatic heterocycles. The molecular weight excluding hydrogens is 380 g/mol. The first kappa shape index (κ1) is 18.5. The average Bonchev–Trinajstić information content (AvgIpc) is 3.42. The number of ether oxygens (including phenoxy) is 2. The average molecular weight is 404 g/mol. The van der Waals surface area contributed by atoms with Gasteiger partial charge < -0.3 is 24.3 Å². The van der Waals surface area contributed by atoms with Gasteiger partial charge in [0.25, 0.3) is 5.91 Å². The minimum Gasteiger partial charge on any atom is -0.497 e. The van der Waals surface area contributed by atoms with E-state index in [0.29, 0.717) is 23.7 Å². The lowest BCUT2D eigenvalue weighted by Gasteiger charge is -2.32. The second kappa shape index (κ2) is 7.40. The number of carbonyl (C=O) groups is 1. The Morgan fingerprint density at radius 2 is 2.03 bits per heavy atom. The van der Waals surface area contributed by atoms with Crippen molar-refractivity contribution in [2.75, 3.05) is 27.3 Å². The van der Waals surface area contributed by atoms with Gasteiger partial charge >= 0.3 is 0 Å². The lowest BCUT2D eigenvalue weighted by atomic mass is 9.94. The number of nitrogens with one attached hydrogen (secondary N) is 2. The van der Waals surface area contributed by atoms with Gasteiger partial charge in [-0.2, -0.15) is 0 Å². The molecule has 2 N–H and O–H groups in total. The van der Waals surface area contributed by atoms with Gasteiger partial charge in [-0.15, -0.1) is 0 Å². The Morgan fingerprint density at radius 3 is 2.83 bits per heavy atom. The summed E-state index contributed by atoms with van der Waals surface area (Å²) in [7, 11) is 3.23. The summed E-state index contributed by atoms with van der Waals surface area (Å²) >= 11 is 0. The number of carbonyl (C=O) groups excluding carboxylic acids is 1. The van der Waals surface area contributed by atoms with Crippen molar-refractivity contribution >= 4 is 27.8 Å². The fourth-order valence-electron chi connectivity index (χ4n) is 4.36. The van der Waals surface area contributed by atoms with Gasteiger partial charge in [0, 0.05) is 48.4 Å². The quantitative estimate of drug-likeness (QED) is 0.537. The van der Waals surface area contributed by atoms with Crippen LogP contribution in [0.5, 0.6) is 11.5 Å². The number of fused-ring (bicyclic) bond motifs is 2. The Hall–Kier alpha value is -3.48. The van der Waals surface area contributed by atoms with E-state index in [1.807, 2.05) is 35.2 Å². The number of rotatable bonds is 4. The number of amides is 1. The molecule has 1 atom stereocenters. The van der Waals surface area contributed by atoms with Gasteiger partial charge in [-0.25, -0.2) is 0 Å². The predicted molar refractivity (Wildman–Crippen MR) is 115 cm³/mol. The predicted octanol–water partition coefficient (Wildman–Crippen LogP) is 4.08. The summed E-state index contributed by atoms with van der Waals surface area (Å²) < 4.78 is 10.8. The van der Waals surface area contributed by atoms with Crippen LogP contribution in [0.1, 0.15) is 34.9 Å². The van der Waals surface area contributed by atoms with Gasteiger partial charge in [0.05, 0.1) is 30.8 Å². The topological polar surface area (TPSA) is 83.2 Å². The molecule has 0 spiro atoms. The number of pyridine rings is 1. The largest absolute Gasteiger partial charge is 0.497 e. The normalized spacial score (nSPS) is 16.9. The number of H-pyrrole nitrogens is 2. The number of aromatic nitrogens is 3. The Balaban J connectivity index is 1.41. The van der Waals surface area contributed by atoms with Crippen LogP contribution >= 0.6 is 0 Å². The fraction of sp³-hybridized carbons (Fsp3) is 0.304. The summed E-state index contributed by atoms with van der Waals surface area (Å²) in [6.07, 6.45) is 3.82. The monoisotopic (exact) mass is 404 g/mol. The van der Waals surface area contributed by atoms with Gasteiger partial charge in [0.1, 0.15) is 17.2 Å². The molecular formula is C23H24N4O3. The molecule has 1 saturated heterocycles. The first-order valence-corrected chi connectivity index (χ1v) is 10.1. The summed E-state index contributed by atoms with van der Waals surface area (Å²) in [4.78, 5) is 26.3. The number of hydrogen-bond acceptors (Lipinski definition) is 4. The number of benzene rings is 1. The van der Waals surface area contributed by atoms with Crippen molar-refractivity contribution in [2.24, 2.45) is 0 Å². The lowest BCUT2D eigenvalue weighted by Crippen LogP contribution is -2.39. The third kappa shape index (κ3) is 3.16. The summed E-state index contributed by atoms with van der Waals surface area (Å²) in [5.74, 6) is 1.65. The molecule has 4 heterocycles. The Bertz CT molecular complexity index is 1190. The second-order valence-electron chi connectivity index (χ2n) is 7.73. The number of methoxy groups -OCH3 is 2. The first-order chi connectivity index (χ1) is 14.7. The highest BCUT2D eigenvalue weighted by Crippen LogP contribution is 2.33. The Morgan fingerprint density at radius 1 is 1.13 bits per heavy atom. The van der Waals surface area contributed by atoms with Crippen molar-refractivity contribution in [1.82, 2.24) is 19.9 Å². The molecule has 0 bridgehead atoms. The van der Waals surface area contributed by atoms with Crippen LogP contribution in [0.4, 0.5) is 0 Å². The van der Waals surface area contributed by atoms with Gasteiger partial charge in [0.15, 0.2) is 0 Å². The molecule has 1 aromatic carbocycles. The van der Waals surface area contributed by atoms with Crippen LogP contribution in [-0.4, -0.2) is 53.1 Å². The Kier molecular flexibility index (Phi) is 4.58. The van der Waals surface area contributed by atoms with Crippen LogP contribution < -0.4 is 9.47 Å². The van der Waals surface area contributed by atoms with Crippen LogP contribution in [0.2, 0.25) is 0 Å². The molecule has 7 nitrogen and oxygen atoms in total. The van der Waals surface area contributed by atoms with Crippen molar-refractivity contribution in [2.45, 2.75) is 18.8 Å². The van der Waals surface area contributed by atoms with Gasteiger partial charge in [-0.1, -0.05) is 0 Å². The number of likely N-dealkylation sites (tertiary alicyclic amines) is 1. The van der Waals surface area contributed by atoms with E-state index < -0.39 is 0 Å². The third-order valence-electron chi connectivity index (χ3n) is 5.92. The van der Waals surface area contributed by atoms with Crippen molar-refractivity contribution in [3.8, 4) is 11.5 Å². The van der Waals surface area contributed by atoms with Crippen LogP contribution in [0.15, 0.2) is 42.6 Å². The molecule has 30 heavy (non-hydrogen) atoms. The molecule has 1 aliphatic heterocycles. The van der Waals surface area contributed by atoms with Crippen molar-refractivity contribution < 1.29 is 14.3 Å². The van der Waals surface area contributed by atoms with Gasteiger partial charge in [-0.05, 0) is 37.1 Å². The van der Waals surface area contributed by atoms with Gasteiger partial charge in [-0.3, -0.25) is 9.78 Å². The fourth-order valence-corrected chi connectivity index (χ4v) is 4.36. The molecule has 1 amide bonds. The van der Waals surface area contributed by atoms with Crippen LogP contribution in [0.25, 0.3) is 21.9 Å². The molecule has 1 aliphatic rings. The number of nitrogens with zero attached hydrogens (tertiary/aromatic N) is 2. The van der Waals surface area contributed by atoms with E-state index in [1.165, 1.54) is 0 Å². The number of aromatic amines is 2. The molecule has 4 aromatic rings. The molecule has 0 radical (unpaired) electrons. The minimum absolute atomic E-state index is 0.00570. The number of hydrogen-bond donors (Lipinski definition) is 2. The van der Waals surface area contributed by atoms with E-state index in [0.717, 1.165) is 47.0 Å². The van der Waals surface area contributed by atoms with E-state index in [4.69, 9.17) is 9.47 Å². The maximum absolute atomic E-state index is 13.3. The van der Waals surface area contributed by atoms with E-state index in [2.05, 4.69) is 21.0 Å². The molecule has 0 saturated carbocycles. The highest BCUT2D eigenvalue weighted by Gasteiger charge is 2.27. The van der Waals surface area contributed by atoms with Crippen LogP contribution in [-0.2, 0) is 0 Å². The van der Waals surface area contributed by atoms with E-state index in [1.54, 1.807) is 20.4 Å². The van der Waals surface area contributed by atoms with Gasteiger partial charge in [0.2, 0.25) is 0 Å². The van der Waals surface area contributed by atoms with E-state index in [9.17, 15) is 4.79 Å². The van der Waals surface area contributed by atoms with Crippen molar-refractivity contribution in [1.29, 1.82) is 0 Å². The summed E-state index contributed by atoms with van der Waals surface area (Å²) in [5.41, 5.74) is 4.53. The first-order valence-electron chi connectivity index (χ1n) is 10.1. The van der Waals surface area contributed by atoms with Crippen LogP contribution in [0.3, 0.4) is 0 Å². The van der Waals surface area contributed by atoms with Crippen molar-refractivity contribution in [3.05, 3.63) is 54.0 Å². The van der Waals surface area contributed by atoms with Crippen LogP contribution in [0, 0.1) is 0 Å². The zero-order chi connectivity index (χ0) is 20.7. The lowest BCUT2D eigenvalue weighted by molar-refractivity contribution is 0.0701. The zero-order valence-electron chi connectivity index (χ0n) is 17.1. The van der Waals surface area contributed by atoms with E-state index in [-0.39, 0.29) is 11.8 Å². The molecule has 1 fully saturated rings. The van der Waals surface area contributed by atoms with E-state index >= 15 is 0 Å². The smallest absolute Gasteiger partial charge is 0.270 e. The maximum Gasteiger partial charge on any atom is 0.270 e.